The Balaban J connectivity index is 1.45. The van der Waals surface area contributed by atoms with Gasteiger partial charge in [-0.25, -0.2) is 19.9 Å². The molecular weight excluding hydrogens is 600 g/mol. The van der Waals surface area contributed by atoms with Gasteiger partial charge in [0.1, 0.15) is 24.3 Å². The second-order valence-corrected chi connectivity index (χ2v) is 10.4. The molecule has 0 spiro atoms. The second-order valence-electron chi connectivity index (χ2n) is 10.4. The third kappa shape index (κ3) is 4.29. The van der Waals surface area contributed by atoms with Crippen molar-refractivity contribution in [2.24, 2.45) is 4.99 Å². The number of nitrogens with zero attached hydrogens (tertiary/aromatic N) is 12. The van der Waals surface area contributed by atoms with Crippen molar-refractivity contribution in [2.45, 2.75) is 0 Å². The molecule has 0 N–H and O–H groups in total. The number of hydrogen-bond acceptors (Lipinski definition) is 12. The molecule has 214 valence electrons. The number of benzene rings is 4. The van der Waals surface area contributed by atoms with Crippen molar-refractivity contribution in [1.29, 1.82) is 36.8 Å². The van der Waals surface area contributed by atoms with E-state index in [1.165, 1.54) is 0 Å². The Hall–Kier alpha value is -8.34. The van der Waals surface area contributed by atoms with Crippen molar-refractivity contribution in [3.63, 3.8) is 0 Å². The Kier molecular flexibility index (Phi) is 6.50. The summed E-state index contributed by atoms with van der Waals surface area (Å²) in [6.45, 7) is 0. The fraction of sp³-hybridized carbons (Fsp3) is 0. The van der Waals surface area contributed by atoms with E-state index < -0.39 is 0 Å². The summed E-state index contributed by atoms with van der Waals surface area (Å²) in [5, 5.41) is 67.5. The van der Waals surface area contributed by atoms with E-state index in [4.69, 9.17) is 0 Å². The summed E-state index contributed by atoms with van der Waals surface area (Å²) in [6, 6.07) is 29.0. The highest BCUT2D eigenvalue weighted by molar-refractivity contribution is 6.26. The number of aromatic nitrogens is 4. The van der Waals surface area contributed by atoms with Crippen LogP contribution in [0.15, 0.2) is 65.7 Å². The molecule has 4 aromatic carbocycles. The Morgan fingerprint density at radius 3 is 1.15 bits per heavy atom. The molecule has 48 heavy (non-hydrogen) atoms. The van der Waals surface area contributed by atoms with Gasteiger partial charge in [-0.1, -0.05) is 12.1 Å². The van der Waals surface area contributed by atoms with Gasteiger partial charge in [-0.05, 0) is 70.8 Å². The summed E-state index contributed by atoms with van der Waals surface area (Å²) >= 11 is 0. The zero-order chi connectivity index (χ0) is 33.5. The number of hydrogen-bond donors (Lipinski definition) is 0. The van der Waals surface area contributed by atoms with Gasteiger partial charge in [0.15, 0.2) is 22.8 Å². The molecule has 0 amide bonds. The van der Waals surface area contributed by atoms with Crippen LogP contribution in [0.25, 0.3) is 55.4 Å². The zero-order valence-corrected chi connectivity index (χ0v) is 24.1. The molecule has 2 aromatic heterocycles. The maximum absolute atomic E-state index is 10.2. The van der Waals surface area contributed by atoms with Gasteiger partial charge in [-0.15, -0.1) is 0 Å². The normalized spacial score (nSPS) is 10.7. The van der Waals surface area contributed by atoms with E-state index in [1.807, 2.05) is 30.5 Å². The maximum atomic E-state index is 10.2. The molecule has 0 saturated heterocycles. The quantitative estimate of drug-likeness (QED) is 0.224. The van der Waals surface area contributed by atoms with E-state index in [9.17, 15) is 36.8 Å². The van der Waals surface area contributed by atoms with Gasteiger partial charge in [0.05, 0.1) is 51.0 Å². The van der Waals surface area contributed by atoms with E-state index in [2.05, 4.69) is 37.1 Å². The van der Waals surface area contributed by atoms with Crippen molar-refractivity contribution >= 4 is 27.8 Å². The van der Waals surface area contributed by atoms with Crippen molar-refractivity contribution in [2.75, 3.05) is 0 Å². The molecule has 12 nitrogen and oxygen atoms in total. The maximum Gasteiger partial charge on any atom is 0.206 e. The number of fused-ring (bicyclic) bond motifs is 5. The molecule has 0 aliphatic heterocycles. The highest BCUT2D eigenvalue weighted by Gasteiger charge is 2.29. The van der Waals surface area contributed by atoms with Gasteiger partial charge in [0, 0.05) is 22.3 Å². The van der Waals surface area contributed by atoms with E-state index in [0.717, 1.165) is 0 Å². The predicted molar refractivity (Wildman–Crippen MR) is 168 cm³/mol. The molecule has 0 radical (unpaired) electrons. The smallest absolute Gasteiger partial charge is 0.206 e. The summed E-state index contributed by atoms with van der Waals surface area (Å²) < 4.78 is 0. The lowest BCUT2D eigenvalue weighted by Gasteiger charge is -2.11. The van der Waals surface area contributed by atoms with Gasteiger partial charge in [-0.2, -0.15) is 41.8 Å². The van der Waals surface area contributed by atoms with E-state index in [1.54, 1.807) is 60.7 Å². The van der Waals surface area contributed by atoms with Gasteiger partial charge in [0.2, 0.25) is 6.19 Å². The first-order chi connectivity index (χ1) is 23.4. The van der Waals surface area contributed by atoms with Crippen LogP contribution in [0.2, 0.25) is 0 Å². The molecule has 6 aromatic rings. The Morgan fingerprint density at radius 2 is 0.792 bits per heavy atom. The van der Waals surface area contributed by atoms with Crippen LogP contribution >= 0.6 is 0 Å². The highest BCUT2D eigenvalue weighted by atomic mass is 14.8. The van der Waals surface area contributed by atoms with E-state index in [-0.39, 0.29) is 33.9 Å². The summed E-state index contributed by atoms with van der Waals surface area (Å²) in [7, 11) is 0. The standard InChI is InChI=1S/C36H10N12/c37-11-20-5-26-24(9-22(20)18-1-3-28-30(7-18)47-34(15-41)32(13-39)45-28)25-10-23(21(12-38)6-27(25)36(26)44-17-43)19-2-4-29-31(8-19)48-35(16-42)33(14-40)46-29/h1-10H. The summed E-state index contributed by atoms with van der Waals surface area (Å²) in [4.78, 5) is 21.1. The van der Waals surface area contributed by atoms with Crippen LogP contribution in [0.3, 0.4) is 0 Å². The van der Waals surface area contributed by atoms with Crippen molar-refractivity contribution in [3.05, 3.63) is 106 Å². The molecule has 0 bridgehead atoms. The third-order valence-electron chi connectivity index (χ3n) is 7.89. The summed E-state index contributed by atoms with van der Waals surface area (Å²) in [5.41, 5.74) is 6.68. The summed E-state index contributed by atoms with van der Waals surface area (Å²) in [5.74, 6) is 0. The second kappa shape index (κ2) is 11.0. The Bertz CT molecular complexity index is 2630. The average molecular weight is 611 g/mol. The topological polar surface area (TPSA) is 230 Å². The fourth-order valence-corrected chi connectivity index (χ4v) is 5.77. The lowest BCUT2D eigenvalue weighted by atomic mass is 9.91. The average Bonchev–Trinajstić information content (AvgIpc) is 3.42. The molecule has 0 fully saturated rings. The first-order valence-corrected chi connectivity index (χ1v) is 13.8. The van der Waals surface area contributed by atoms with Crippen LogP contribution < -0.4 is 0 Å². The molecule has 1 aliphatic carbocycles. The minimum absolute atomic E-state index is 0.0858. The fourth-order valence-electron chi connectivity index (χ4n) is 5.77. The summed E-state index contributed by atoms with van der Waals surface area (Å²) in [6.07, 6.45) is 1.83. The highest BCUT2D eigenvalue weighted by Crippen LogP contribution is 2.44. The third-order valence-corrected chi connectivity index (χ3v) is 7.89. The van der Waals surface area contributed by atoms with Crippen LogP contribution in [0.5, 0.6) is 0 Å². The minimum Gasteiger partial charge on any atom is -0.232 e. The van der Waals surface area contributed by atoms with E-state index >= 15 is 0 Å². The Labute approximate surface area is 270 Å². The predicted octanol–water partition coefficient (Wildman–Crippen LogP) is 5.44. The molecule has 1 aliphatic rings. The van der Waals surface area contributed by atoms with Crippen molar-refractivity contribution < 1.29 is 0 Å². The monoisotopic (exact) mass is 610 g/mol. The molecule has 7 rings (SSSR count). The van der Waals surface area contributed by atoms with Gasteiger partial charge in [0.25, 0.3) is 0 Å². The number of aliphatic imine (C=N–C) groups is 1. The lowest BCUT2D eigenvalue weighted by molar-refractivity contribution is 1.20. The van der Waals surface area contributed by atoms with Crippen LogP contribution in [-0.2, 0) is 0 Å². The van der Waals surface area contributed by atoms with E-state index in [0.29, 0.717) is 72.3 Å². The largest absolute Gasteiger partial charge is 0.232 e. The van der Waals surface area contributed by atoms with Crippen LogP contribution in [0.4, 0.5) is 0 Å². The minimum atomic E-state index is -0.113. The molecule has 0 saturated carbocycles. The van der Waals surface area contributed by atoms with Crippen molar-refractivity contribution in [1.82, 2.24) is 19.9 Å². The van der Waals surface area contributed by atoms with Gasteiger partial charge in [-0.3, -0.25) is 0 Å². The lowest BCUT2D eigenvalue weighted by Crippen LogP contribution is -2.00. The first-order valence-electron chi connectivity index (χ1n) is 13.8. The van der Waals surface area contributed by atoms with Crippen LogP contribution in [-0.4, -0.2) is 25.6 Å². The number of nitriles is 7. The first kappa shape index (κ1) is 28.4. The van der Waals surface area contributed by atoms with Gasteiger partial charge >= 0.3 is 0 Å². The zero-order valence-electron chi connectivity index (χ0n) is 24.1. The Morgan fingerprint density at radius 1 is 0.396 bits per heavy atom. The molecule has 0 unspecified atom stereocenters. The van der Waals surface area contributed by atoms with Gasteiger partial charge < -0.3 is 0 Å². The molecule has 2 heterocycles. The number of rotatable bonds is 2. The molecule has 12 heteroatoms. The molecule has 0 atom stereocenters. The molecular formula is C36H10N12. The van der Waals surface area contributed by atoms with Crippen molar-refractivity contribution in [3.8, 4) is 76.0 Å². The van der Waals surface area contributed by atoms with Crippen LogP contribution in [0.1, 0.15) is 45.0 Å². The SMILES string of the molecule is N#CN=C1c2cc(C#N)c(-c3ccc4nc(C#N)c(C#N)nc4c3)cc2-c2cc(-c3ccc4nc(C#N)c(C#N)nc4c3)c(C#N)cc21. The van der Waals surface area contributed by atoms with Crippen LogP contribution in [0, 0.1) is 79.4 Å².